The van der Waals surface area contributed by atoms with E-state index in [1.165, 1.54) is 32.8 Å². The molecule has 0 atom stereocenters. The maximum absolute atomic E-state index is 6.19. The van der Waals surface area contributed by atoms with Crippen LogP contribution in [0, 0.1) is 0 Å². The first kappa shape index (κ1) is 21.7. The summed E-state index contributed by atoms with van der Waals surface area (Å²) in [6, 6.07) is 35.8. The zero-order chi connectivity index (χ0) is 26.2. The molecule has 0 N–H and O–H groups in total. The molecule has 40 heavy (non-hydrogen) atoms. The standard InChI is InChI=1S/C36H23NO3/c1-3-9-29-25(7-1)27-19-22(23-14-17-35-36(20-23)40-34-12-6-5-11-33(34)39-35)13-16-30(27)37(29)24-15-18-32-28(21-24)26-8-2-4-10-31(26)38-32/h1-3,5-9,11-21H,4,10H2. The molecule has 1 aliphatic carbocycles. The molecule has 190 valence electrons. The predicted molar refractivity (Wildman–Crippen MR) is 160 cm³/mol. The van der Waals surface area contributed by atoms with Crippen LogP contribution in [-0.2, 0) is 6.42 Å². The first-order valence-corrected chi connectivity index (χ1v) is 13.6. The number of para-hydroxylation sites is 3. The van der Waals surface area contributed by atoms with Crippen molar-refractivity contribution in [3.63, 3.8) is 0 Å². The summed E-state index contributed by atoms with van der Waals surface area (Å²) in [5.41, 5.74) is 7.86. The van der Waals surface area contributed by atoms with Crippen molar-refractivity contribution in [1.82, 2.24) is 4.57 Å². The van der Waals surface area contributed by atoms with Gasteiger partial charge in [-0.1, -0.05) is 54.6 Å². The van der Waals surface area contributed by atoms with Crippen LogP contribution in [0.2, 0.25) is 0 Å². The number of ether oxygens (including phenoxy) is 2. The van der Waals surface area contributed by atoms with Gasteiger partial charge in [-0.25, -0.2) is 0 Å². The van der Waals surface area contributed by atoms with Crippen molar-refractivity contribution in [2.45, 2.75) is 12.8 Å². The minimum atomic E-state index is 0.726. The average molecular weight is 518 g/mol. The maximum atomic E-state index is 6.19. The Kier molecular flexibility index (Phi) is 4.41. The van der Waals surface area contributed by atoms with Crippen molar-refractivity contribution in [2.75, 3.05) is 0 Å². The van der Waals surface area contributed by atoms with Crippen molar-refractivity contribution in [3.05, 3.63) is 121 Å². The number of hydrogen-bond donors (Lipinski definition) is 0. The zero-order valence-electron chi connectivity index (χ0n) is 21.6. The van der Waals surface area contributed by atoms with Gasteiger partial charge < -0.3 is 18.5 Å². The van der Waals surface area contributed by atoms with Gasteiger partial charge in [0.2, 0.25) is 0 Å². The summed E-state index contributed by atoms with van der Waals surface area (Å²) in [7, 11) is 0. The van der Waals surface area contributed by atoms with Crippen LogP contribution in [0.5, 0.6) is 23.0 Å². The van der Waals surface area contributed by atoms with Crippen molar-refractivity contribution in [3.8, 4) is 39.8 Å². The van der Waals surface area contributed by atoms with Crippen LogP contribution in [0.3, 0.4) is 0 Å². The van der Waals surface area contributed by atoms with Gasteiger partial charge in [0.1, 0.15) is 11.3 Å². The quantitative estimate of drug-likeness (QED) is 0.229. The highest BCUT2D eigenvalue weighted by Gasteiger charge is 2.20. The first-order chi connectivity index (χ1) is 19.8. The van der Waals surface area contributed by atoms with Crippen LogP contribution in [0.15, 0.2) is 114 Å². The Morgan fingerprint density at radius 3 is 2.25 bits per heavy atom. The molecule has 0 saturated heterocycles. The van der Waals surface area contributed by atoms with Crippen LogP contribution < -0.4 is 9.47 Å². The fourth-order valence-electron chi connectivity index (χ4n) is 6.22. The smallest absolute Gasteiger partial charge is 0.170 e. The Morgan fingerprint density at radius 2 is 1.32 bits per heavy atom. The highest BCUT2D eigenvalue weighted by atomic mass is 16.6. The summed E-state index contributed by atoms with van der Waals surface area (Å²) in [6.07, 6.45) is 6.44. The average Bonchev–Trinajstić information content (AvgIpc) is 3.54. The van der Waals surface area contributed by atoms with E-state index in [2.05, 4.69) is 89.5 Å². The molecule has 0 saturated carbocycles. The van der Waals surface area contributed by atoms with E-state index >= 15 is 0 Å². The zero-order valence-corrected chi connectivity index (χ0v) is 21.6. The van der Waals surface area contributed by atoms with E-state index in [-0.39, 0.29) is 0 Å². The van der Waals surface area contributed by atoms with Crippen molar-refractivity contribution >= 4 is 38.9 Å². The fraction of sp³-hybridized carbons (Fsp3) is 0.0556. The molecule has 1 aliphatic heterocycles. The Balaban J connectivity index is 1.20. The summed E-state index contributed by atoms with van der Waals surface area (Å²) in [4.78, 5) is 0. The van der Waals surface area contributed by atoms with Crippen LogP contribution in [0.1, 0.15) is 17.7 Å². The summed E-state index contributed by atoms with van der Waals surface area (Å²) in [6.45, 7) is 0. The molecule has 0 amide bonds. The Hall–Kier alpha value is -5.22. The number of allylic oxidation sites excluding steroid dienone is 1. The topological polar surface area (TPSA) is 36.5 Å². The van der Waals surface area contributed by atoms with Crippen LogP contribution in [0.25, 0.3) is 55.7 Å². The largest absolute Gasteiger partial charge is 0.460 e. The molecule has 4 heteroatoms. The molecule has 7 aromatic rings. The van der Waals surface area contributed by atoms with Crippen LogP contribution in [0.4, 0.5) is 0 Å². The molecule has 4 nitrogen and oxygen atoms in total. The lowest BCUT2D eigenvalue weighted by atomic mass is 10.0. The van der Waals surface area contributed by atoms with E-state index < -0.39 is 0 Å². The normalized spacial score (nSPS) is 13.6. The van der Waals surface area contributed by atoms with E-state index in [1.54, 1.807) is 0 Å². The van der Waals surface area contributed by atoms with Gasteiger partial charge in [-0.2, -0.15) is 0 Å². The molecule has 2 aromatic heterocycles. The summed E-state index contributed by atoms with van der Waals surface area (Å²) < 4.78 is 20.8. The predicted octanol–water partition coefficient (Wildman–Crippen LogP) is 10.1. The highest BCUT2D eigenvalue weighted by Crippen LogP contribution is 2.46. The number of nitrogens with zero attached hydrogens (tertiary/aromatic N) is 1. The summed E-state index contributed by atoms with van der Waals surface area (Å²) in [5, 5.41) is 3.60. The van der Waals surface area contributed by atoms with E-state index in [0.29, 0.717) is 0 Å². The lowest BCUT2D eigenvalue weighted by molar-refractivity contribution is 0.360. The molecule has 0 unspecified atom stereocenters. The van der Waals surface area contributed by atoms with Gasteiger partial charge in [-0.15, -0.1) is 0 Å². The van der Waals surface area contributed by atoms with E-state index in [9.17, 15) is 0 Å². The summed E-state index contributed by atoms with van der Waals surface area (Å²) in [5.74, 6) is 4.01. The lowest BCUT2D eigenvalue weighted by Crippen LogP contribution is -1.98. The Labute approximate surface area is 230 Å². The second-order valence-corrected chi connectivity index (χ2v) is 10.5. The number of rotatable bonds is 2. The monoisotopic (exact) mass is 517 g/mol. The number of furan rings is 1. The van der Waals surface area contributed by atoms with E-state index in [0.717, 1.165) is 64.0 Å². The van der Waals surface area contributed by atoms with Gasteiger partial charge in [0.15, 0.2) is 23.0 Å². The molecule has 2 aliphatic rings. The van der Waals surface area contributed by atoms with Gasteiger partial charge >= 0.3 is 0 Å². The van der Waals surface area contributed by atoms with Crippen molar-refractivity contribution < 1.29 is 13.9 Å². The summed E-state index contributed by atoms with van der Waals surface area (Å²) >= 11 is 0. The van der Waals surface area contributed by atoms with Gasteiger partial charge in [0.25, 0.3) is 0 Å². The second kappa shape index (κ2) is 8.14. The Bertz CT molecular complexity index is 2180. The molecule has 0 fully saturated rings. The Morgan fingerprint density at radius 1 is 0.575 bits per heavy atom. The minimum Gasteiger partial charge on any atom is -0.460 e. The maximum Gasteiger partial charge on any atom is 0.170 e. The lowest BCUT2D eigenvalue weighted by Gasteiger charge is -2.21. The number of benzene rings is 5. The first-order valence-electron chi connectivity index (χ1n) is 13.6. The van der Waals surface area contributed by atoms with Crippen LogP contribution >= 0.6 is 0 Å². The molecule has 9 rings (SSSR count). The van der Waals surface area contributed by atoms with E-state index in [1.807, 2.05) is 30.3 Å². The molecular weight excluding hydrogens is 494 g/mol. The molecule has 0 spiro atoms. The molecule has 5 aromatic carbocycles. The molecule has 3 heterocycles. The molecule has 0 radical (unpaired) electrons. The third-order valence-corrected chi connectivity index (χ3v) is 8.11. The minimum absolute atomic E-state index is 0.726. The van der Waals surface area contributed by atoms with Crippen molar-refractivity contribution in [2.24, 2.45) is 0 Å². The van der Waals surface area contributed by atoms with E-state index in [4.69, 9.17) is 13.9 Å². The fourth-order valence-corrected chi connectivity index (χ4v) is 6.22. The van der Waals surface area contributed by atoms with Gasteiger partial charge in [-0.05, 0) is 78.2 Å². The van der Waals surface area contributed by atoms with Crippen LogP contribution in [-0.4, -0.2) is 4.57 Å². The molecule has 0 bridgehead atoms. The third kappa shape index (κ3) is 3.13. The number of hydrogen-bond acceptors (Lipinski definition) is 3. The van der Waals surface area contributed by atoms with Gasteiger partial charge in [0.05, 0.1) is 11.0 Å². The molecular formula is C36H23NO3. The third-order valence-electron chi connectivity index (χ3n) is 8.11. The highest BCUT2D eigenvalue weighted by molar-refractivity contribution is 6.10. The second-order valence-electron chi connectivity index (χ2n) is 10.5. The number of aromatic nitrogens is 1. The van der Waals surface area contributed by atoms with Crippen molar-refractivity contribution in [1.29, 1.82) is 0 Å². The van der Waals surface area contributed by atoms with Gasteiger partial charge in [0, 0.05) is 33.8 Å². The SMILES string of the molecule is C1=Cc2c(oc3ccc(-n4c5ccccc5c5cc(-c6ccc7c(c6)Oc6ccccc6O7)ccc54)cc23)CC1. The number of aryl methyl sites for hydroxylation is 1. The number of fused-ring (bicyclic) bond motifs is 8. The van der Waals surface area contributed by atoms with Gasteiger partial charge in [-0.3, -0.25) is 0 Å².